The van der Waals surface area contributed by atoms with Gasteiger partial charge in [0, 0.05) is 6.54 Å². The molecule has 2 N–H and O–H groups in total. The van der Waals surface area contributed by atoms with Crippen LogP contribution in [0.4, 0.5) is 8.78 Å². The topological polar surface area (TPSA) is 105 Å². The third kappa shape index (κ3) is 3.98. The van der Waals surface area contributed by atoms with E-state index < -0.39 is 34.2 Å². The van der Waals surface area contributed by atoms with Gasteiger partial charge in [0.15, 0.2) is 18.0 Å². The lowest BCUT2D eigenvalue weighted by molar-refractivity contribution is 0.102. The lowest BCUT2D eigenvalue weighted by atomic mass is 10.0. The average Bonchev–Trinajstić information content (AvgIpc) is 3.08. The van der Waals surface area contributed by atoms with Crippen molar-refractivity contribution in [1.82, 2.24) is 14.7 Å². The zero-order valence-electron chi connectivity index (χ0n) is 13.2. The van der Waals surface area contributed by atoms with Crippen LogP contribution in [0.2, 0.25) is 0 Å². The number of benzene rings is 1. The van der Waals surface area contributed by atoms with Gasteiger partial charge in [-0.15, -0.1) is 0 Å². The molecular weight excluding hydrogens is 368 g/mol. The Morgan fingerprint density at radius 3 is 2.88 bits per heavy atom. The van der Waals surface area contributed by atoms with Gasteiger partial charge in [-0.25, -0.2) is 27.7 Å². The monoisotopic (exact) mass is 381 g/mol. The molecule has 1 aromatic carbocycles. The van der Waals surface area contributed by atoms with Gasteiger partial charge in [-0.05, 0) is 42.7 Å². The second kappa shape index (κ2) is 7.77. The van der Waals surface area contributed by atoms with E-state index in [1.165, 1.54) is 24.6 Å². The maximum Gasteiger partial charge on any atom is 0.247 e. The molecule has 0 aliphatic heterocycles. The molecule has 0 bridgehead atoms. The van der Waals surface area contributed by atoms with E-state index in [2.05, 4.69) is 14.7 Å². The van der Waals surface area contributed by atoms with Crippen molar-refractivity contribution in [2.45, 2.75) is 12.8 Å². The first-order chi connectivity index (χ1) is 12.5. The number of halogens is 2. The van der Waals surface area contributed by atoms with Crippen LogP contribution in [0.5, 0.6) is 0 Å². The Kier molecular flexibility index (Phi) is 5.45. The van der Waals surface area contributed by atoms with E-state index in [4.69, 9.17) is 8.97 Å². The molecule has 0 amide bonds. The predicted molar refractivity (Wildman–Crippen MR) is 88.7 cm³/mol. The number of aryl methyl sites for hydroxylation is 1. The largest absolute Gasteiger partial charge is 0.425 e. The van der Waals surface area contributed by atoms with Crippen LogP contribution >= 0.6 is 0 Å². The van der Waals surface area contributed by atoms with Crippen LogP contribution in [-0.4, -0.2) is 31.1 Å². The van der Waals surface area contributed by atoms with Crippen molar-refractivity contribution in [1.29, 1.82) is 0 Å². The number of oxazole rings is 1. The van der Waals surface area contributed by atoms with Gasteiger partial charge in [0.05, 0.1) is 5.56 Å². The van der Waals surface area contributed by atoms with Crippen LogP contribution < -0.4 is 4.72 Å². The maximum atomic E-state index is 14.1. The highest BCUT2D eigenvalue weighted by Gasteiger charge is 2.20. The van der Waals surface area contributed by atoms with Gasteiger partial charge < -0.3 is 4.42 Å². The molecule has 0 aliphatic rings. The summed E-state index contributed by atoms with van der Waals surface area (Å²) in [5.74, 6) is -3.19. The highest BCUT2D eigenvalue weighted by molar-refractivity contribution is 7.77. The second-order valence-electron chi connectivity index (χ2n) is 5.39. The van der Waals surface area contributed by atoms with E-state index in [1.807, 2.05) is 0 Å². The van der Waals surface area contributed by atoms with Gasteiger partial charge in [0.25, 0.3) is 0 Å². The van der Waals surface area contributed by atoms with Crippen LogP contribution in [0.1, 0.15) is 28.0 Å². The maximum absolute atomic E-state index is 14.1. The van der Waals surface area contributed by atoms with Crippen molar-refractivity contribution in [3.05, 3.63) is 59.1 Å². The Hall–Kier alpha value is -2.56. The third-order valence-electron chi connectivity index (χ3n) is 3.63. The van der Waals surface area contributed by atoms with Crippen molar-refractivity contribution in [2.75, 3.05) is 6.54 Å². The number of aromatic nitrogens is 2. The van der Waals surface area contributed by atoms with E-state index in [0.29, 0.717) is 17.5 Å². The summed E-state index contributed by atoms with van der Waals surface area (Å²) in [4.78, 5) is 20.4. The molecular formula is C16H13F2N3O4S. The molecule has 26 heavy (non-hydrogen) atoms. The fourth-order valence-electron chi connectivity index (χ4n) is 2.42. The van der Waals surface area contributed by atoms with Gasteiger partial charge in [0.2, 0.25) is 22.8 Å². The van der Waals surface area contributed by atoms with Gasteiger partial charge >= 0.3 is 0 Å². The normalized spacial score (nSPS) is 12.4. The molecule has 136 valence electrons. The summed E-state index contributed by atoms with van der Waals surface area (Å²) in [5.41, 5.74) is 0.414. The molecule has 1 atom stereocenters. The first kappa shape index (κ1) is 18.2. The minimum Gasteiger partial charge on any atom is -0.425 e. The fourth-order valence-corrected chi connectivity index (χ4v) is 2.74. The van der Waals surface area contributed by atoms with E-state index >= 15 is 0 Å². The quantitative estimate of drug-likeness (QED) is 0.370. The van der Waals surface area contributed by atoms with Gasteiger partial charge in [-0.2, -0.15) is 0 Å². The molecule has 0 saturated carbocycles. The Bertz CT molecular complexity index is 993. The third-order valence-corrected chi connectivity index (χ3v) is 4.08. The molecule has 2 aromatic heterocycles. The molecule has 0 radical (unpaired) electrons. The Morgan fingerprint density at radius 1 is 1.31 bits per heavy atom. The molecule has 7 nitrogen and oxygen atoms in total. The summed E-state index contributed by atoms with van der Waals surface area (Å²) >= 11 is -2.14. The van der Waals surface area contributed by atoms with Crippen LogP contribution in [0.25, 0.3) is 11.2 Å². The number of carbonyl (C=O) groups excluding carboxylic acids is 1. The summed E-state index contributed by atoms with van der Waals surface area (Å²) in [6.45, 7) is 0.203. The number of pyridine rings is 1. The predicted octanol–water partition coefficient (Wildman–Crippen LogP) is 2.39. The molecule has 0 aliphatic carbocycles. The Labute approximate surface area is 148 Å². The van der Waals surface area contributed by atoms with Crippen LogP contribution in [0, 0.1) is 11.6 Å². The van der Waals surface area contributed by atoms with Crippen molar-refractivity contribution < 1.29 is 26.8 Å². The van der Waals surface area contributed by atoms with E-state index in [9.17, 15) is 17.8 Å². The number of nitrogens with zero attached hydrogens (tertiary/aromatic N) is 2. The molecule has 2 heterocycles. The lowest BCUT2D eigenvalue weighted by Gasteiger charge is -2.08. The molecule has 3 aromatic rings. The zero-order chi connectivity index (χ0) is 18.7. The standard InChI is InChI=1S/C16H13F2N3O4S/c17-11-7-9(2-1-5-20-26(23)24)6-10(14(11)18)15(22)12-3-4-13-16(21-12)25-8-19-13/h3-4,6-8,20H,1-2,5H2,(H,23,24). The van der Waals surface area contributed by atoms with Crippen LogP contribution in [0.3, 0.4) is 0 Å². The number of ketones is 1. The average molecular weight is 381 g/mol. The summed E-state index contributed by atoms with van der Waals surface area (Å²) in [6, 6.07) is 5.10. The van der Waals surface area contributed by atoms with Crippen LogP contribution in [0.15, 0.2) is 35.1 Å². The first-order valence-electron chi connectivity index (χ1n) is 7.53. The molecule has 1 unspecified atom stereocenters. The first-order valence-corrected chi connectivity index (χ1v) is 8.63. The number of fused-ring (bicyclic) bond motifs is 1. The fraction of sp³-hybridized carbons (Fsp3) is 0.188. The van der Waals surface area contributed by atoms with Gasteiger partial charge in [-0.3, -0.25) is 9.35 Å². The van der Waals surface area contributed by atoms with Gasteiger partial charge in [-0.1, -0.05) is 0 Å². The van der Waals surface area contributed by atoms with Crippen LogP contribution in [-0.2, 0) is 17.7 Å². The number of carbonyl (C=O) groups is 1. The van der Waals surface area contributed by atoms with Crippen molar-refractivity contribution in [3.8, 4) is 0 Å². The summed E-state index contributed by atoms with van der Waals surface area (Å²) in [5, 5.41) is 0. The van der Waals surface area contributed by atoms with E-state index in [-0.39, 0.29) is 24.4 Å². The lowest BCUT2D eigenvalue weighted by Crippen LogP contribution is -2.18. The van der Waals surface area contributed by atoms with Crippen molar-refractivity contribution >= 4 is 28.3 Å². The SMILES string of the molecule is O=C(c1ccc2ncoc2n1)c1cc(CCCNS(=O)O)cc(F)c1F. The van der Waals surface area contributed by atoms with Crippen molar-refractivity contribution in [2.24, 2.45) is 0 Å². The zero-order valence-corrected chi connectivity index (χ0v) is 14.1. The smallest absolute Gasteiger partial charge is 0.247 e. The number of hydrogen-bond donors (Lipinski definition) is 2. The molecule has 0 spiro atoms. The molecule has 3 rings (SSSR count). The summed E-state index contributed by atoms with van der Waals surface area (Å²) in [6.07, 6.45) is 1.85. The highest BCUT2D eigenvalue weighted by Crippen LogP contribution is 2.20. The molecule has 10 heteroatoms. The minimum atomic E-state index is -2.14. The van der Waals surface area contributed by atoms with Gasteiger partial charge in [0.1, 0.15) is 11.2 Å². The van der Waals surface area contributed by atoms with E-state index in [1.54, 1.807) is 0 Å². The number of nitrogens with one attached hydrogen (secondary N) is 1. The number of hydrogen-bond acceptors (Lipinski definition) is 5. The minimum absolute atomic E-state index is 0.0953. The highest BCUT2D eigenvalue weighted by atomic mass is 32.2. The molecule has 0 saturated heterocycles. The van der Waals surface area contributed by atoms with Crippen molar-refractivity contribution in [3.63, 3.8) is 0 Å². The molecule has 0 fully saturated rings. The Balaban J connectivity index is 1.85. The second-order valence-corrected chi connectivity index (χ2v) is 6.18. The Morgan fingerprint density at radius 2 is 2.12 bits per heavy atom. The number of rotatable bonds is 7. The summed E-state index contributed by atoms with van der Waals surface area (Å²) in [7, 11) is 0. The van der Waals surface area contributed by atoms with E-state index in [0.717, 1.165) is 6.07 Å². The summed E-state index contributed by atoms with van der Waals surface area (Å²) < 4.78 is 54.4.